The van der Waals surface area contributed by atoms with Crippen molar-refractivity contribution in [1.29, 1.82) is 0 Å². The molecule has 4 amide bonds. The van der Waals surface area contributed by atoms with Crippen LogP contribution in [0.4, 0.5) is 11.4 Å². The highest BCUT2D eigenvalue weighted by Crippen LogP contribution is 2.25. The Hall–Kier alpha value is -4.22. The summed E-state index contributed by atoms with van der Waals surface area (Å²) in [6.07, 6.45) is -0.125. The van der Waals surface area contributed by atoms with E-state index in [1.165, 1.54) is 13.2 Å². The Labute approximate surface area is 221 Å². The van der Waals surface area contributed by atoms with E-state index in [1.807, 2.05) is 0 Å². The van der Waals surface area contributed by atoms with Gasteiger partial charge in [0.2, 0.25) is 5.91 Å². The van der Waals surface area contributed by atoms with Gasteiger partial charge in [-0.3, -0.25) is 24.6 Å². The third-order valence-electron chi connectivity index (χ3n) is 5.46. The summed E-state index contributed by atoms with van der Waals surface area (Å²) in [7, 11) is 1.52. The van der Waals surface area contributed by atoms with Crippen molar-refractivity contribution in [3.8, 4) is 11.5 Å². The fourth-order valence-electron chi connectivity index (χ4n) is 3.62. The van der Waals surface area contributed by atoms with Gasteiger partial charge in [0.1, 0.15) is 17.5 Å². The van der Waals surface area contributed by atoms with E-state index >= 15 is 0 Å². The molecule has 1 fully saturated rings. The molecule has 0 bridgehead atoms. The fourth-order valence-corrected chi connectivity index (χ4v) is 3.89. The third kappa shape index (κ3) is 6.32. The summed E-state index contributed by atoms with van der Waals surface area (Å²) in [5.41, 5.74) is 6.26. The van der Waals surface area contributed by atoms with E-state index in [2.05, 4.69) is 32.1 Å². The second-order valence-corrected chi connectivity index (χ2v) is 8.88. The van der Waals surface area contributed by atoms with E-state index in [4.69, 9.17) is 9.47 Å². The normalized spacial score (nSPS) is 14.9. The maximum absolute atomic E-state index is 12.8. The van der Waals surface area contributed by atoms with Gasteiger partial charge >= 0.3 is 0 Å². The summed E-state index contributed by atoms with van der Waals surface area (Å²) in [5.74, 6) is -1.11. The standard InChI is InChI=1S/C26H23BrN4O6/c1-36-19-12-10-18(11-13-19)31-24(33)14-21(26(31)35)29-30-25(34)20-4-2-3-5-22(20)37-15-23(32)28-17-8-6-16(27)7-9-17/h2-13,21,29H,14-15H2,1H3,(H,28,32)(H,30,34). The number of nitrogens with one attached hydrogen (secondary N) is 3. The van der Waals surface area contributed by atoms with Gasteiger partial charge in [0.25, 0.3) is 17.7 Å². The molecule has 37 heavy (non-hydrogen) atoms. The van der Waals surface area contributed by atoms with Crippen LogP contribution >= 0.6 is 15.9 Å². The van der Waals surface area contributed by atoms with E-state index in [9.17, 15) is 19.2 Å². The Kier molecular flexibility index (Phi) is 8.16. The molecule has 3 N–H and O–H groups in total. The van der Waals surface area contributed by atoms with Gasteiger partial charge in [-0.1, -0.05) is 28.1 Å². The summed E-state index contributed by atoms with van der Waals surface area (Å²) in [6, 6.07) is 19.0. The van der Waals surface area contributed by atoms with Crippen LogP contribution in [-0.2, 0) is 14.4 Å². The highest BCUT2D eigenvalue weighted by molar-refractivity contribution is 9.10. The molecule has 1 heterocycles. The number of imide groups is 1. The van der Waals surface area contributed by atoms with Gasteiger partial charge in [-0.25, -0.2) is 10.3 Å². The van der Waals surface area contributed by atoms with Crippen molar-refractivity contribution in [3.63, 3.8) is 0 Å². The van der Waals surface area contributed by atoms with Gasteiger partial charge < -0.3 is 14.8 Å². The SMILES string of the molecule is COc1ccc(N2C(=O)CC(NNC(=O)c3ccccc3OCC(=O)Nc3ccc(Br)cc3)C2=O)cc1. The molecule has 1 unspecified atom stereocenters. The molecule has 0 aromatic heterocycles. The molecular weight excluding hydrogens is 544 g/mol. The molecule has 0 aliphatic carbocycles. The number of carbonyl (C=O) groups is 4. The number of carbonyl (C=O) groups excluding carboxylic acids is 4. The topological polar surface area (TPSA) is 126 Å². The molecule has 0 saturated carbocycles. The minimum atomic E-state index is -0.941. The number of hydrogen-bond acceptors (Lipinski definition) is 7. The van der Waals surface area contributed by atoms with Gasteiger partial charge in [-0.2, -0.15) is 0 Å². The maximum Gasteiger partial charge on any atom is 0.269 e. The molecule has 1 saturated heterocycles. The summed E-state index contributed by atoms with van der Waals surface area (Å²) in [6.45, 7) is -0.319. The average molecular weight is 567 g/mol. The number of hydrogen-bond donors (Lipinski definition) is 3. The van der Waals surface area contributed by atoms with E-state index in [-0.39, 0.29) is 24.3 Å². The van der Waals surface area contributed by atoms with Crippen LogP contribution in [0, 0.1) is 0 Å². The van der Waals surface area contributed by atoms with Crippen LogP contribution in [-0.4, -0.2) is 43.4 Å². The van der Waals surface area contributed by atoms with Gasteiger partial charge in [-0.05, 0) is 60.7 Å². The van der Waals surface area contributed by atoms with E-state index < -0.39 is 29.7 Å². The van der Waals surface area contributed by atoms with Crippen LogP contribution in [0.15, 0.2) is 77.3 Å². The van der Waals surface area contributed by atoms with Crippen LogP contribution in [0.3, 0.4) is 0 Å². The Morgan fingerprint density at radius 2 is 1.70 bits per heavy atom. The second kappa shape index (κ2) is 11.7. The largest absolute Gasteiger partial charge is 0.497 e. The number of methoxy groups -OCH3 is 1. The van der Waals surface area contributed by atoms with Crippen LogP contribution in [0.2, 0.25) is 0 Å². The number of halogens is 1. The Bertz CT molecular complexity index is 1310. The maximum atomic E-state index is 12.8. The number of amides is 4. The lowest BCUT2D eigenvalue weighted by molar-refractivity contribution is -0.122. The molecule has 1 atom stereocenters. The Balaban J connectivity index is 1.34. The monoisotopic (exact) mass is 566 g/mol. The average Bonchev–Trinajstić information content (AvgIpc) is 3.20. The van der Waals surface area contributed by atoms with Crippen LogP contribution in [0.5, 0.6) is 11.5 Å². The summed E-state index contributed by atoms with van der Waals surface area (Å²) in [4.78, 5) is 51.4. The molecule has 1 aliphatic rings. The molecule has 0 radical (unpaired) electrons. The van der Waals surface area contributed by atoms with Gasteiger partial charge in [-0.15, -0.1) is 0 Å². The van der Waals surface area contributed by atoms with Crippen molar-refractivity contribution in [1.82, 2.24) is 10.9 Å². The molecule has 10 nitrogen and oxygen atoms in total. The fraction of sp³-hybridized carbons (Fsp3) is 0.154. The minimum absolute atomic E-state index is 0.125. The highest BCUT2D eigenvalue weighted by Gasteiger charge is 2.39. The van der Waals surface area contributed by atoms with Crippen LogP contribution in [0.25, 0.3) is 0 Å². The molecule has 11 heteroatoms. The number of para-hydroxylation sites is 1. The van der Waals surface area contributed by atoms with Crippen molar-refractivity contribution >= 4 is 50.9 Å². The number of nitrogens with zero attached hydrogens (tertiary/aromatic N) is 1. The molecule has 1 aliphatic heterocycles. The smallest absolute Gasteiger partial charge is 0.269 e. The van der Waals surface area contributed by atoms with Gasteiger partial charge in [0.15, 0.2) is 6.61 Å². The Morgan fingerprint density at radius 3 is 2.41 bits per heavy atom. The first-order chi connectivity index (χ1) is 17.9. The number of hydrazine groups is 1. The lowest BCUT2D eigenvalue weighted by Crippen LogP contribution is -2.48. The molecule has 4 rings (SSSR count). The zero-order valence-corrected chi connectivity index (χ0v) is 21.3. The van der Waals surface area contributed by atoms with Crippen molar-refractivity contribution in [2.45, 2.75) is 12.5 Å². The number of benzene rings is 3. The van der Waals surface area contributed by atoms with Crippen molar-refractivity contribution < 1.29 is 28.7 Å². The molecular formula is C26H23BrN4O6. The predicted molar refractivity (Wildman–Crippen MR) is 139 cm³/mol. The first kappa shape index (κ1) is 25.9. The van der Waals surface area contributed by atoms with Crippen molar-refractivity contribution in [2.24, 2.45) is 0 Å². The van der Waals surface area contributed by atoms with Crippen LogP contribution < -0.4 is 30.5 Å². The van der Waals surface area contributed by atoms with E-state index in [0.717, 1.165) is 9.37 Å². The predicted octanol–water partition coefficient (Wildman–Crippen LogP) is 3.04. The zero-order chi connectivity index (χ0) is 26.4. The Morgan fingerprint density at radius 1 is 1.00 bits per heavy atom. The van der Waals surface area contributed by atoms with Crippen LogP contribution in [0.1, 0.15) is 16.8 Å². The quantitative estimate of drug-likeness (QED) is 0.268. The zero-order valence-electron chi connectivity index (χ0n) is 19.7. The summed E-state index contributed by atoms with van der Waals surface area (Å²) >= 11 is 3.33. The van der Waals surface area contributed by atoms with Gasteiger partial charge in [0.05, 0.1) is 24.8 Å². The lowest BCUT2D eigenvalue weighted by atomic mass is 10.2. The first-order valence-corrected chi connectivity index (χ1v) is 12.0. The number of rotatable bonds is 9. The van der Waals surface area contributed by atoms with Crippen molar-refractivity contribution in [3.05, 3.63) is 82.8 Å². The number of anilines is 2. The van der Waals surface area contributed by atoms with E-state index in [1.54, 1.807) is 66.7 Å². The molecule has 190 valence electrons. The minimum Gasteiger partial charge on any atom is -0.497 e. The highest BCUT2D eigenvalue weighted by atomic mass is 79.9. The van der Waals surface area contributed by atoms with E-state index in [0.29, 0.717) is 17.1 Å². The third-order valence-corrected chi connectivity index (χ3v) is 5.98. The molecule has 3 aromatic carbocycles. The second-order valence-electron chi connectivity index (χ2n) is 7.96. The molecule has 3 aromatic rings. The lowest BCUT2D eigenvalue weighted by Gasteiger charge is -2.17. The summed E-state index contributed by atoms with van der Waals surface area (Å²) < 4.78 is 11.6. The number of ether oxygens (including phenoxy) is 2. The van der Waals surface area contributed by atoms with Crippen molar-refractivity contribution in [2.75, 3.05) is 23.9 Å². The first-order valence-electron chi connectivity index (χ1n) is 11.2. The molecule has 0 spiro atoms. The van der Waals surface area contributed by atoms with Gasteiger partial charge in [0, 0.05) is 10.2 Å². The summed E-state index contributed by atoms with van der Waals surface area (Å²) in [5, 5.41) is 2.70.